The molecule has 2 aromatic heterocycles. The van der Waals surface area contributed by atoms with E-state index in [-0.39, 0.29) is 35.5 Å². The number of nitrogens with two attached hydrogens (primary N) is 2. The van der Waals surface area contributed by atoms with Gasteiger partial charge in [-0.25, -0.2) is 9.97 Å². The van der Waals surface area contributed by atoms with Crippen LogP contribution in [-0.2, 0) is 12.8 Å². The Kier molecular flexibility index (Phi) is 7.30. The summed E-state index contributed by atoms with van der Waals surface area (Å²) >= 11 is 1.02. The lowest BCUT2D eigenvalue weighted by molar-refractivity contribution is 0.0950. The largest absolute Gasteiger partial charge is 0.506 e. The lowest BCUT2D eigenvalue weighted by Gasteiger charge is -2.15. The molecule has 35 heavy (non-hydrogen) atoms. The zero-order valence-corrected chi connectivity index (χ0v) is 19.3. The van der Waals surface area contributed by atoms with Gasteiger partial charge in [-0.3, -0.25) is 9.59 Å². The number of carbonyl (C=O) groups excluding carboxylic acids is 2. The van der Waals surface area contributed by atoms with Crippen molar-refractivity contribution in [2.75, 3.05) is 0 Å². The number of phenols is 2. The second kappa shape index (κ2) is 10.6. The van der Waals surface area contributed by atoms with Crippen molar-refractivity contribution >= 4 is 23.3 Å². The summed E-state index contributed by atoms with van der Waals surface area (Å²) in [6.45, 7) is 0. The van der Waals surface area contributed by atoms with Gasteiger partial charge in [-0.1, -0.05) is 23.9 Å². The van der Waals surface area contributed by atoms with Crippen LogP contribution in [0.2, 0.25) is 0 Å². The van der Waals surface area contributed by atoms with Gasteiger partial charge in [-0.05, 0) is 24.3 Å². The number of Topliss-reactive ketones (excluding diaryl/α,β-unsaturated/α-hetero) is 2. The molecule has 0 spiro atoms. The molecule has 0 aliphatic rings. The van der Waals surface area contributed by atoms with Crippen LogP contribution in [0.1, 0.15) is 32.1 Å². The first-order valence-corrected chi connectivity index (χ1v) is 11.5. The van der Waals surface area contributed by atoms with Crippen molar-refractivity contribution in [3.63, 3.8) is 0 Å². The SMILES string of the molecule is N[C@@H](Cc1cnc[nH]1)C(=O)c1cccc(Sc2cccc(C(=O)[C@@H](N)Cc3cnc[nH]3)c2O)c1O. The molecular weight excluding hydrogens is 468 g/mol. The Morgan fingerprint density at radius 2 is 1.23 bits per heavy atom. The molecule has 0 amide bonds. The van der Waals surface area contributed by atoms with E-state index in [4.69, 9.17) is 11.5 Å². The molecule has 0 aliphatic heterocycles. The summed E-state index contributed by atoms with van der Waals surface area (Å²) in [6.07, 6.45) is 6.63. The van der Waals surface area contributed by atoms with Gasteiger partial charge in [0.05, 0.1) is 45.7 Å². The summed E-state index contributed by atoms with van der Waals surface area (Å²) in [4.78, 5) is 40.0. The maximum absolute atomic E-state index is 12.9. The number of hydrogen-bond donors (Lipinski definition) is 6. The second-order valence-corrected chi connectivity index (χ2v) is 8.99. The van der Waals surface area contributed by atoms with Crippen LogP contribution in [0.5, 0.6) is 11.5 Å². The first-order valence-electron chi connectivity index (χ1n) is 10.7. The van der Waals surface area contributed by atoms with E-state index in [1.165, 1.54) is 24.8 Å². The molecule has 4 rings (SSSR count). The average Bonchev–Trinajstić information content (AvgIpc) is 3.55. The molecule has 0 saturated carbocycles. The minimum atomic E-state index is -0.882. The number of carbonyl (C=O) groups is 2. The van der Waals surface area contributed by atoms with Gasteiger partial charge in [-0.15, -0.1) is 0 Å². The molecule has 0 fully saturated rings. The minimum absolute atomic E-state index is 0.0651. The summed E-state index contributed by atoms with van der Waals surface area (Å²) in [6, 6.07) is 7.66. The number of ketones is 2. The maximum Gasteiger partial charge on any atom is 0.183 e. The number of para-hydroxylation sites is 2. The highest BCUT2D eigenvalue weighted by Gasteiger charge is 2.24. The number of nitrogens with one attached hydrogen (secondary N) is 2. The second-order valence-electron chi connectivity index (χ2n) is 7.91. The smallest absolute Gasteiger partial charge is 0.183 e. The molecule has 8 N–H and O–H groups in total. The maximum atomic E-state index is 12.9. The third kappa shape index (κ3) is 5.43. The fourth-order valence-corrected chi connectivity index (χ4v) is 4.52. The Balaban J connectivity index is 1.53. The first kappa shape index (κ1) is 24.2. The van der Waals surface area contributed by atoms with Crippen LogP contribution in [0, 0.1) is 0 Å². The van der Waals surface area contributed by atoms with Crippen molar-refractivity contribution in [2.45, 2.75) is 34.7 Å². The number of hydrogen-bond acceptors (Lipinski definition) is 9. The van der Waals surface area contributed by atoms with Crippen molar-refractivity contribution in [3.05, 3.63) is 84.0 Å². The van der Waals surface area contributed by atoms with Crippen LogP contribution < -0.4 is 11.5 Å². The van der Waals surface area contributed by atoms with Gasteiger partial charge in [0.25, 0.3) is 0 Å². The third-order valence-corrected chi connectivity index (χ3v) is 6.51. The molecule has 180 valence electrons. The number of H-pyrrole nitrogens is 2. The van der Waals surface area contributed by atoms with Crippen LogP contribution in [0.25, 0.3) is 0 Å². The summed E-state index contributed by atoms with van der Waals surface area (Å²) in [5.74, 6) is -1.38. The van der Waals surface area contributed by atoms with Gasteiger partial charge in [0.2, 0.25) is 0 Å². The Hall–Kier alpha value is -3.93. The number of aromatic nitrogens is 4. The van der Waals surface area contributed by atoms with E-state index < -0.39 is 23.7 Å². The normalized spacial score (nSPS) is 12.9. The van der Waals surface area contributed by atoms with Gasteiger partial charge >= 0.3 is 0 Å². The van der Waals surface area contributed by atoms with E-state index in [0.717, 1.165) is 11.8 Å². The zero-order chi connectivity index (χ0) is 24.9. The van der Waals surface area contributed by atoms with Gasteiger partial charge in [-0.2, -0.15) is 0 Å². The van der Waals surface area contributed by atoms with E-state index >= 15 is 0 Å². The van der Waals surface area contributed by atoms with E-state index in [1.54, 1.807) is 36.7 Å². The predicted octanol–water partition coefficient (Wildman–Crippen LogP) is 2.20. The highest BCUT2D eigenvalue weighted by Crippen LogP contribution is 2.41. The standard InChI is InChI=1S/C24H24N6O4S/c25-17(7-13-9-27-11-29-13)21(31)15-3-1-5-19(23(15)33)35-20-6-2-4-16(24(20)34)22(32)18(26)8-14-10-28-12-30-14/h1-6,9-12,17-18,33-34H,7-8,25-26H2,(H,27,29)(H,28,30)/t17-,18-/m0/s1. The van der Waals surface area contributed by atoms with Crippen LogP contribution in [0.4, 0.5) is 0 Å². The van der Waals surface area contributed by atoms with Crippen molar-refractivity contribution in [3.8, 4) is 11.5 Å². The van der Waals surface area contributed by atoms with Gasteiger partial charge in [0.1, 0.15) is 11.5 Å². The summed E-state index contributed by atoms with van der Waals surface area (Å²) in [5.41, 5.74) is 13.6. The molecule has 0 radical (unpaired) electrons. The number of aromatic hydroxyl groups is 2. The Bertz CT molecular complexity index is 1220. The number of benzene rings is 2. The quantitative estimate of drug-likeness (QED) is 0.181. The number of aromatic amines is 2. The zero-order valence-electron chi connectivity index (χ0n) is 18.5. The highest BCUT2D eigenvalue weighted by atomic mass is 32.2. The lowest BCUT2D eigenvalue weighted by Crippen LogP contribution is -2.33. The fourth-order valence-electron chi connectivity index (χ4n) is 3.58. The van der Waals surface area contributed by atoms with Gasteiger partial charge < -0.3 is 31.6 Å². The van der Waals surface area contributed by atoms with E-state index in [1.807, 2.05) is 0 Å². The van der Waals surface area contributed by atoms with Crippen molar-refractivity contribution < 1.29 is 19.8 Å². The molecule has 0 unspecified atom stereocenters. The van der Waals surface area contributed by atoms with E-state index in [9.17, 15) is 19.8 Å². The highest BCUT2D eigenvalue weighted by molar-refractivity contribution is 7.99. The van der Waals surface area contributed by atoms with Crippen LogP contribution in [0.15, 0.2) is 71.2 Å². The molecule has 2 atom stereocenters. The van der Waals surface area contributed by atoms with E-state index in [0.29, 0.717) is 21.2 Å². The molecule has 11 heteroatoms. The molecule has 10 nitrogen and oxygen atoms in total. The fraction of sp³-hybridized carbons (Fsp3) is 0.167. The van der Waals surface area contributed by atoms with Crippen molar-refractivity contribution in [2.24, 2.45) is 11.5 Å². The van der Waals surface area contributed by atoms with Crippen molar-refractivity contribution in [1.29, 1.82) is 0 Å². The summed E-state index contributed by atoms with van der Waals surface area (Å²) in [5, 5.41) is 21.6. The van der Waals surface area contributed by atoms with Crippen LogP contribution >= 0.6 is 11.8 Å². The molecule has 0 bridgehead atoms. The average molecular weight is 493 g/mol. The van der Waals surface area contributed by atoms with Crippen LogP contribution in [-0.4, -0.2) is 53.8 Å². The van der Waals surface area contributed by atoms with Gasteiger partial charge in [0, 0.05) is 36.6 Å². The predicted molar refractivity (Wildman–Crippen MR) is 130 cm³/mol. The molecule has 2 aromatic carbocycles. The monoisotopic (exact) mass is 492 g/mol. The number of imidazole rings is 2. The topological polar surface area (TPSA) is 184 Å². The Labute approximate surface area is 204 Å². The lowest BCUT2D eigenvalue weighted by atomic mass is 10.0. The van der Waals surface area contributed by atoms with Crippen LogP contribution in [0.3, 0.4) is 0 Å². The number of phenolic OH excluding ortho intramolecular Hbond substituents is 2. The Morgan fingerprint density at radius 3 is 1.60 bits per heavy atom. The summed E-state index contributed by atoms with van der Waals surface area (Å²) < 4.78 is 0. The molecule has 4 aromatic rings. The molecule has 0 saturated heterocycles. The number of nitrogens with zero attached hydrogens (tertiary/aromatic N) is 2. The van der Waals surface area contributed by atoms with Crippen molar-refractivity contribution in [1.82, 2.24) is 19.9 Å². The first-order chi connectivity index (χ1) is 16.8. The summed E-state index contributed by atoms with van der Waals surface area (Å²) in [7, 11) is 0. The van der Waals surface area contributed by atoms with E-state index in [2.05, 4.69) is 19.9 Å². The molecule has 2 heterocycles. The minimum Gasteiger partial charge on any atom is -0.506 e. The Morgan fingerprint density at radius 1 is 0.800 bits per heavy atom. The number of rotatable bonds is 10. The molecular formula is C24H24N6O4S. The van der Waals surface area contributed by atoms with Gasteiger partial charge in [0.15, 0.2) is 11.6 Å². The third-order valence-electron chi connectivity index (χ3n) is 5.41. The molecule has 0 aliphatic carbocycles.